The lowest BCUT2D eigenvalue weighted by Crippen LogP contribution is -2.39. The summed E-state index contributed by atoms with van der Waals surface area (Å²) >= 11 is 0. The van der Waals surface area contributed by atoms with Crippen LogP contribution in [0.1, 0.15) is 45.8 Å². The minimum atomic E-state index is -0.888. The second kappa shape index (κ2) is 10.9. The predicted octanol–water partition coefficient (Wildman–Crippen LogP) is 2.93. The van der Waals surface area contributed by atoms with Crippen molar-refractivity contribution in [3.8, 4) is 11.4 Å². The van der Waals surface area contributed by atoms with Gasteiger partial charge in [-0.1, -0.05) is 0 Å². The van der Waals surface area contributed by atoms with Gasteiger partial charge in [-0.25, -0.2) is 9.69 Å². The number of hydrogen-bond acceptors (Lipinski definition) is 7. The van der Waals surface area contributed by atoms with Crippen LogP contribution in [-0.4, -0.2) is 52.9 Å². The zero-order valence-electron chi connectivity index (χ0n) is 20.2. The van der Waals surface area contributed by atoms with Crippen molar-refractivity contribution in [2.24, 2.45) is 11.0 Å². The predicted molar refractivity (Wildman–Crippen MR) is 135 cm³/mol. The van der Waals surface area contributed by atoms with Crippen molar-refractivity contribution in [3.05, 3.63) is 70.4 Å². The van der Waals surface area contributed by atoms with Crippen LogP contribution < -0.4 is 20.4 Å². The van der Waals surface area contributed by atoms with E-state index >= 15 is 0 Å². The number of nitroso groups, excluding NO2 is 1. The quantitative estimate of drug-likeness (QED) is 0.228. The average molecular weight is 507 g/mol. The van der Waals surface area contributed by atoms with Crippen LogP contribution in [0.4, 0.5) is 11.4 Å². The molecule has 12 heteroatoms. The van der Waals surface area contributed by atoms with E-state index in [1.54, 1.807) is 60.5 Å². The first kappa shape index (κ1) is 25.4. The van der Waals surface area contributed by atoms with E-state index in [-0.39, 0.29) is 30.3 Å². The molecule has 0 fully saturated rings. The van der Waals surface area contributed by atoms with Crippen molar-refractivity contribution in [1.82, 2.24) is 9.78 Å². The van der Waals surface area contributed by atoms with E-state index in [0.717, 1.165) is 0 Å². The topological polar surface area (TPSA) is 160 Å². The lowest BCUT2D eigenvalue weighted by molar-refractivity contribution is -0.137. The first-order valence-corrected chi connectivity index (χ1v) is 11.6. The van der Waals surface area contributed by atoms with Crippen LogP contribution in [-0.2, 0) is 11.2 Å². The molecular formula is C25H26N6O6. The Morgan fingerprint density at radius 1 is 1.11 bits per heavy atom. The standard InChI is InChI=1S/C25H26N6O6/c1-37-19-11-9-18(10-12-19)31-23-20(22(27-31)24(26)34)13-15-29(25(23)35)16-5-7-17(8-6-16)30(28-36)14-3-2-4-21(32)33/h5-12H,2-4,13-15H2,1H3,(H2,26,34)(H,32,33). The van der Waals surface area contributed by atoms with Crippen LogP contribution in [0.3, 0.4) is 0 Å². The molecule has 0 radical (unpaired) electrons. The highest BCUT2D eigenvalue weighted by Crippen LogP contribution is 2.30. The summed E-state index contributed by atoms with van der Waals surface area (Å²) in [4.78, 5) is 49.3. The molecule has 1 aliphatic rings. The number of carboxylic acid groups (broad SMARTS) is 1. The summed E-state index contributed by atoms with van der Waals surface area (Å²) < 4.78 is 6.62. The Kier molecular flexibility index (Phi) is 7.47. The van der Waals surface area contributed by atoms with Gasteiger partial charge in [-0.05, 0) is 67.8 Å². The second-order valence-corrected chi connectivity index (χ2v) is 8.43. The summed E-state index contributed by atoms with van der Waals surface area (Å²) in [5, 5.41) is 17.4. The Labute approximate surface area is 212 Å². The molecule has 0 atom stereocenters. The van der Waals surface area contributed by atoms with Gasteiger partial charge in [-0.15, -0.1) is 4.91 Å². The number of benzene rings is 2. The fourth-order valence-electron chi connectivity index (χ4n) is 4.27. The van der Waals surface area contributed by atoms with Crippen molar-refractivity contribution in [2.45, 2.75) is 25.7 Å². The molecule has 1 aliphatic heterocycles. The maximum atomic E-state index is 13.6. The number of primary amides is 1. The number of methoxy groups -OCH3 is 1. The maximum absolute atomic E-state index is 13.6. The fourth-order valence-corrected chi connectivity index (χ4v) is 4.27. The van der Waals surface area contributed by atoms with E-state index < -0.39 is 11.9 Å². The van der Waals surface area contributed by atoms with Gasteiger partial charge in [-0.2, -0.15) is 5.10 Å². The number of amides is 2. The number of hydrogen-bond donors (Lipinski definition) is 2. The monoisotopic (exact) mass is 506 g/mol. The van der Waals surface area contributed by atoms with Crippen molar-refractivity contribution in [2.75, 3.05) is 30.1 Å². The molecule has 0 unspecified atom stereocenters. The van der Waals surface area contributed by atoms with E-state index in [4.69, 9.17) is 15.6 Å². The average Bonchev–Trinajstić information content (AvgIpc) is 3.30. The molecule has 3 aromatic rings. The molecule has 0 saturated carbocycles. The number of nitrogens with zero attached hydrogens (tertiary/aromatic N) is 5. The maximum Gasteiger partial charge on any atom is 0.303 e. The lowest BCUT2D eigenvalue weighted by Gasteiger charge is -2.28. The normalized spacial score (nSPS) is 12.7. The third kappa shape index (κ3) is 5.27. The molecule has 192 valence electrons. The highest BCUT2D eigenvalue weighted by atomic mass is 16.5. The van der Waals surface area contributed by atoms with Gasteiger partial charge < -0.3 is 20.5 Å². The zero-order valence-corrected chi connectivity index (χ0v) is 20.2. The minimum Gasteiger partial charge on any atom is -0.497 e. The Balaban J connectivity index is 1.59. The molecule has 2 heterocycles. The SMILES string of the molecule is COc1ccc(-n2nc(C(N)=O)c3c2C(=O)N(c2ccc(N(CCCCC(=O)O)N=O)cc2)CC3)cc1. The number of anilines is 2. The smallest absolute Gasteiger partial charge is 0.303 e. The first-order chi connectivity index (χ1) is 17.8. The van der Waals surface area contributed by atoms with Crippen LogP contribution in [0.5, 0.6) is 5.75 Å². The molecule has 12 nitrogen and oxygen atoms in total. The molecule has 37 heavy (non-hydrogen) atoms. The minimum absolute atomic E-state index is 0.0231. The van der Waals surface area contributed by atoms with E-state index in [9.17, 15) is 19.3 Å². The summed E-state index contributed by atoms with van der Waals surface area (Å²) in [5.41, 5.74) is 8.06. The van der Waals surface area contributed by atoms with Crippen LogP contribution in [0.25, 0.3) is 5.69 Å². The first-order valence-electron chi connectivity index (χ1n) is 11.6. The number of carbonyl (C=O) groups excluding carboxylic acids is 2. The Bertz CT molecular complexity index is 1320. The Hall–Kier alpha value is -4.74. The molecule has 1 aromatic heterocycles. The van der Waals surface area contributed by atoms with Gasteiger partial charge in [0.15, 0.2) is 5.69 Å². The summed E-state index contributed by atoms with van der Waals surface area (Å²) in [6, 6.07) is 13.7. The summed E-state index contributed by atoms with van der Waals surface area (Å²) in [6.45, 7) is 0.587. The third-order valence-electron chi connectivity index (χ3n) is 6.14. The van der Waals surface area contributed by atoms with Gasteiger partial charge in [0, 0.05) is 30.8 Å². The molecule has 2 aromatic carbocycles. The summed E-state index contributed by atoms with van der Waals surface area (Å²) in [7, 11) is 1.55. The van der Waals surface area contributed by atoms with Gasteiger partial charge in [0.25, 0.3) is 11.8 Å². The van der Waals surface area contributed by atoms with E-state index in [1.165, 1.54) is 9.69 Å². The van der Waals surface area contributed by atoms with Gasteiger partial charge in [0.1, 0.15) is 11.4 Å². The molecule has 2 amide bonds. The molecule has 0 spiro atoms. The lowest BCUT2D eigenvalue weighted by atomic mass is 10.0. The number of fused-ring (bicyclic) bond motifs is 1. The van der Waals surface area contributed by atoms with Crippen molar-refractivity contribution in [1.29, 1.82) is 0 Å². The van der Waals surface area contributed by atoms with Crippen LogP contribution in [0, 0.1) is 4.91 Å². The number of ether oxygens (including phenoxy) is 1. The van der Waals surface area contributed by atoms with Crippen LogP contribution in [0.2, 0.25) is 0 Å². The summed E-state index contributed by atoms with van der Waals surface area (Å²) in [5.74, 6) is -1.31. The third-order valence-corrected chi connectivity index (χ3v) is 6.14. The van der Waals surface area contributed by atoms with Gasteiger partial charge in [0.05, 0.1) is 23.8 Å². The fraction of sp³-hybridized carbons (Fsp3) is 0.280. The zero-order chi connectivity index (χ0) is 26.5. The highest BCUT2D eigenvalue weighted by Gasteiger charge is 2.34. The Morgan fingerprint density at radius 3 is 2.38 bits per heavy atom. The number of carboxylic acids is 1. The van der Waals surface area contributed by atoms with Gasteiger partial charge in [-0.3, -0.25) is 14.4 Å². The van der Waals surface area contributed by atoms with Gasteiger partial charge in [0.2, 0.25) is 0 Å². The van der Waals surface area contributed by atoms with Crippen molar-refractivity contribution < 1.29 is 24.2 Å². The van der Waals surface area contributed by atoms with Crippen LogP contribution >= 0.6 is 0 Å². The summed E-state index contributed by atoms with van der Waals surface area (Å²) in [6.07, 6.45) is 1.32. The second-order valence-electron chi connectivity index (χ2n) is 8.43. The van der Waals surface area contributed by atoms with E-state index in [2.05, 4.69) is 10.4 Å². The molecule has 0 saturated heterocycles. The van der Waals surface area contributed by atoms with Gasteiger partial charge >= 0.3 is 5.97 Å². The van der Waals surface area contributed by atoms with Crippen molar-refractivity contribution >= 4 is 29.2 Å². The number of aliphatic carboxylic acids is 1. The molecule has 4 rings (SSSR count). The number of nitrogens with two attached hydrogens (primary N) is 1. The number of aromatic nitrogens is 2. The highest BCUT2D eigenvalue weighted by molar-refractivity contribution is 6.09. The number of carbonyl (C=O) groups is 3. The molecule has 3 N–H and O–H groups in total. The van der Waals surface area contributed by atoms with Crippen LogP contribution in [0.15, 0.2) is 53.8 Å². The molecule has 0 bridgehead atoms. The van der Waals surface area contributed by atoms with E-state index in [0.29, 0.717) is 54.2 Å². The number of unbranched alkanes of at least 4 members (excludes halogenated alkanes) is 1. The Morgan fingerprint density at radius 2 is 1.78 bits per heavy atom. The largest absolute Gasteiger partial charge is 0.497 e. The van der Waals surface area contributed by atoms with E-state index in [1.807, 2.05) is 0 Å². The number of rotatable bonds is 11. The molecule has 0 aliphatic carbocycles. The molecular weight excluding hydrogens is 480 g/mol. The van der Waals surface area contributed by atoms with Crippen molar-refractivity contribution in [3.63, 3.8) is 0 Å².